The Bertz CT molecular complexity index is 332. The van der Waals surface area contributed by atoms with Crippen LogP contribution in [-0.4, -0.2) is 17.3 Å². The van der Waals surface area contributed by atoms with Crippen molar-refractivity contribution in [2.75, 3.05) is 7.05 Å². The first-order valence-electron chi connectivity index (χ1n) is 4.25. The largest absolute Gasteiger partial charge is 0.328 e. The van der Waals surface area contributed by atoms with Crippen molar-refractivity contribution in [1.29, 1.82) is 0 Å². The number of carbonyl (C=O) groups is 1. The normalized spacial score (nSPS) is 9.57. The Hall–Kier alpha value is -1.28. The van der Waals surface area contributed by atoms with E-state index in [1.54, 1.807) is 13.1 Å². The lowest BCUT2D eigenvalue weighted by Gasteiger charge is -2.12. The molecule has 0 unspecified atom stereocenters. The first-order valence-corrected chi connectivity index (χ1v) is 4.63. The minimum Gasteiger partial charge on any atom is -0.328 e. The molecule has 74 valence electrons. The molecule has 0 saturated carbocycles. The maximum atomic E-state index is 10.7. The zero-order chi connectivity index (χ0) is 10.6. The summed E-state index contributed by atoms with van der Waals surface area (Å²) in [7, 11) is 1.66. The SMILES string of the molecule is C=Cc1ccc(CN(C)C(=O)Cl)cc1. The van der Waals surface area contributed by atoms with Crippen LogP contribution in [-0.2, 0) is 6.54 Å². The van der Waals surface area contributed by atoms with Gasteiger partial charge < -0.3 is 4.90 Å². The molecule has 3 heteroatoms. The molecule has 1 amide bonds. The predicted octanol–water partition coefficient (Wildman–Crippen LogP) is 3.12. The standard InChI is InChI=1S/C11H12ClNO/c1-3-9-4-6-10(7-5-9)8-13(2)11(12)14/h3-7H,1,8H2,2H3. The number of hydrogen-bond donors (Lipinski definition) is 0. The Kier molecular flexibility index (Phi) is 3.72. The fraction of sp³-hybridized carbons (Fsp3) is 0.182. The average Bonchev–Trinajstić information content (AvgIpc) is 2.19. The van der Waals surface area contributed by atoms with E-state index in [1.165, 1.54) is 4.90 Å². The van der Waals surface area contributed by atoms with Crippen molar-refractivity contribution in [1.82, 2.24) is 4.90 Å². The van der Waals surface area contributed by atoms with Crippen molar-refractivity contribution in [2.45, 2.75) is 6.54 Å². The van der Waals surface area contributed by atoms with Gasteiger partial charge in [-0.05, 0) is 22.7 Å². The van der Waals surface area contributed by atoms with E-state index < -0.39 is 5.37 Å². The molecule has 0 heterocycles. The quantitative estimate of drug-likeness (QED) is 0.553. The number of nitrogens with zero attached hydrogens (tertiary/aromatic N) is 1. The molecule has 0 aliphatic heterocycles. The van der Waals surface area contributed by atoms with E-state index in [0.717, 1.165) is 11.1 Å². The lowest BCUT2D eigenvalue weighted by atomic mass is 10.1. The van der Waals surface area contributed by atoms with Crippen molar-refractivity contribution >= 4 is 23.0 Å². The van der Waals surface area contributed by atoms with Crippen LogP contribution in [0.2, 0.25) is 0 Å². The first kappa shape index (κ1) is 10.8. The van der Waals surface area contributed by atoms with Gasteiger partial charge in [0.25, 0.3) is 0 Å². The van der Waals surface area contributed by atoms with Crippen LogP contribution in [0.5, 0.6) is 0 Å². The highest BCUT2D eigenvalue weighted by Gasteiger charge is 2.04. The van der Waals surface area contributed by atoms with Gasteiger partial charge >= 0.3 is 5.37 Å². The van der Waals surface area contributed by atoms with Crippen molar-refractivity contribution in [3.05, 3.63) is 42.0 Å². The summed E-state index contributed by atoms with van der Waals surface area (Å²) in [5, 5.41) is -0.446. The van der Waals surface area contributed by atoms with E-state index in [9.17, 15) is 4.79 Å². The van der Waals surface area contributed by atoms with Crippen LogP contribution in [0.4, 0.5) is 4.79 Å². The van der Waals surface area contributed by atoms with Gasteiger partial charge in [-0.25, -0.2) is 0 Å². The molecule has 0 aliphatic carbocycles. The summed E-state index contributed by atoms with van der Waals surface area (Å²) in [5.41, 5.74) is 2.11. The van der Waals surface area contributed by atoms with Gasteiger partial charge in [-0.15, -0.1) is 0 Å². The summed E-state index contributed by atoms with van der Waals surface area (Å²) >= 11 is 5.31. The molecule has 0 N–H and O–H groups in total. The second-order valence-corrected chi connectivity index (χ2v) is 3.38. The zero-order valence-electron chi connectivity index (χ0n) is 8.03. The highest BCUT2D eigenvalue weighted by atomic mass is 35.5. The molecule has 0 saturated heterocycles. The summed E-state index contributed by atoms with van der Waals surface area (Å²) in [6.45, 7) is 4.19. The van der Waals surface area contributed by atoms with E-state index in [1.807, 2.05) is 24.3 Å². The lowest BCUT2D eigenvalue weighted by Crippen LogP contribution is -2.19. The van der Waals surface area contributed by atoms with E-state index >= 15 is 0 Å². The molecule has 0 aromatic heterocycles. The molecule has 0 bridgehead atoms. The lowest BCUT2D eigenvalue weighted by molar-refractivity contribution is 0.230. The van der Waals surface area contributed by atoms with Crippen LogP contribution in [0.15, 0.2) is 30.8 Å². The number of carbonyl (C=O) groups excluding carboxylic acids is 1. The average molecular weight is 210 g/mol. The summed E-state index contributed by atoms with van der Waals surface area (Å²) < 4.78 is 0. The second kappa shape index (κ2) is 4.82. The molecule has 0 atom stereocenters. The Labute approximate surface area is 88.8 Å². The highest BCUT2D eigenvalue weighted by molar-refractivity contribution is 6.62. The molecular formula is C11H12ClNO. The highest BCUT2D eigenvalue weighted by Crippen LogP contribution is 2.08. The molecule has 0 aliphatic rings. The van der Waals surface area contributed by atoms with E-state index in [4.69, 9.17) is 11.6 Å². The van der Waals surface area contributed by atoms with Crippen molar-refractivity contribution in [3.63, 3.8) is 0 Å². The Morgan fingerprint density at radius 2 is 2.07 bits per heavy atom. The van der Waals surface area contributed by atoms with Gasteiger partial charge in [0.15, 0.2) is 0 Å². The van der Waals surface area contributed by atoms with Gasteiger partial charge in [0.05, 0.1) is 0 Å². The first-order chi connectivity index (χ1) is 6.63. The van der Waals surface area contributed by atoms with E-state index in [2.05, 4.69) is 6.58 Å². The molecule has 0 spiro atoms. The molecule has 1 rings (SSSR count). The summed E-state index contributed by atoms with van der Waals surface area (Å²) in [5.74, 6) is 0. The van der Waals surface area contributed by atoms with Crippen LogP contribution in [0, 0.1) is 0 Å². The number of halogens is 1. The smallest absolute Gasteiger partial charge is 0.316 e. The van der Waals surface area contributed by atoms with Crippen LogP contribution in [0.25, 0.3) is 6.08 Å². The predicted molar refractivity (Wildman–Crippen MR) is 59.2 cm³/mol. The number of benzene rings is 1. The van der Waals surface area contributed by atoms with Crippen molar-refractivity contribution < 1.29 is 4.79 Å². The van der Waals surface area contributed by atoms with Crippen LogP contribution in [0.1, 0.15) is 11.1 Å². The topological polar surface area (TPSA) is 20.3 Å². The maximum absolute atomic E-state index is 10.7. The molecule has 0 fully saturated rings. The molecule has 0 radical (unpaired) electrons. The Balaban J connectivity index is 2.68. The van der Waals surface area contributed by atoms with Gasteiger partial charge in [-0.1, -0.05) is 36.9 Å². The van der Waals surface area contributed by atoms with Gasteiger partial charge in [0.2, 0.25) is 0 Å². The third-order valence-corrected chi connectivity index (χ3v) is 2.22. The second-order valence-electron chi connectivity index (χ2n) is 3.05. The molecule has 2 nitrogen and oxygen atoms in total. The Morgan fingerprint density at radius 3 is 2.50 bits per heavy atom. The Morgan fingerprint density at radius 1 is 1.50 bits per heavy atom. The molecule has 1 aromatic carbocycles. The minimum atomic E-state index is -0.446. The number of amides is 1. The van der Waals surface area contributed by atoms with Crippen LogP contribution < -0.4 is 0 Å². The summed E-state index contributed by atoms with van der Waals surface area (Å²) in [4.78, 5) is 12.2. The van der Waals surface area contributed by atoms with Gasteiger partial charge in [0.1, 0.15) is 0 Å². The monoisotopic (exact) mass is 209 g/mol. The fourth-order valence-corrected chi connectivity index (χ4v) is 1.15. The van der Waals surface area contributed by atoms with E-state index in [0.29, 0.717) is 6.54 Å². The molecule has 1 aromatic rings. The zero-order valence-corrected chi connectivity index (χ0v) is 8.79. The minimum absolute atomic E-state index is 0.446. The fourth-order valence-electron chi connectivity index (χ4n) is 1.10. The third kappa shape index (κ3) is 2.89. The third-order valence-electron chi connectivity index (χ3n) is 1.94. The summed E-state index contributed by atoms with van der Waals surface area (Å²) in [6, 6.07) is 7.81. The molecule has 14 heavy (non-hydrogen) atoms. The number of rotatable bonds is 3. The van der Waals surface area contributed by atoms with E-state index in [-0.39, 0.29) is 0 Å². The van der Waals surface area contributed by atoms with Gasteiger partial charge in [-0.3, -0.25) is 4.79 Å². The van der Waals surface area contributed by atoms with Gasteiger partial charge in [-0.2, -0.15) is 0 Å². The van der Waals surface area contributed by atoms with Crippen molar-refractivity contribution in [2.24, 2.45) is 0 Å². The van der Waals surface area contributed by atoms with Crippen LogP contribution >= 0.6 is 11.6 Å². The number of hydrogen-bond acceptors (Lipinski definition) is 1. The van der Waals surface area contributed by atoms with Gasteiger partial charge in [0, 0.05) is 13.6 Å². The van der Waals surface area contributed by atoms with Crippen LogP contribution in [0.3, 0.4) is 0 Å². The maximum Gasteiger partial charge on any atom is 0.316 e. The van der Waals surface area contributed by atoms with Crippen molar-refractivity contribution in [3.8, 4) is 0 Å². The molecular weight excluding hydrogens is 198 g/mol. The summed E-state index contributed by atoms with van der Waals surface area (Å²) in [6.07, 6.45) is 1.78.